The van der Waals surface area contributed by atoms with Gasteiger partial charge in [0, 0.05) is 30.3 Å². The van der Waals surface area contributed by atoms with Crippen molar-refractivity contribution in [1.29, 1.82) is 0 Å². The summed E-state index contributed by atoms with van der Waals surface area (Å²) in [7, 11) is 0. The highest BCUT2D eigenvalue weighted by Crippen LogP contribution is 2.42. The number of nitrogens with one attached hydrogen (secondary N) is 1. The Morgan fingerprint density at radius 2 is 1.80 bits per heavy atom. The molecule has 2 atom stereocenters. The van der Waals surface area contributed by atoms with Crippen LogP contribution in [-0.2, 0) is 0 Å². The Morgan fingerprint density at radius 3 is 2.40 bits per heavy atom. The van der Waals surface area contributed by atoms with Crippen LogP contribution in [0.3, 0.4) is 0 Å². The topological polar surface area (TPSA) is 42.3 Å². The van der Waals surface area contributed by atoms with Gasteiger partial charge in [0.15, 0.2) is 5.11 Å². The van der Waals surface area contributed by atoms with Crippen molar-refractivity contribution in [2.75, 3.05) is 4.90 Å². The molecule has 1 aromatic carbocycles. The van der Waals surface area contributed by atoms with E-state index >= 15 is 0 Å². The highest BCUT2D eigenvalue weighted by atomic mass is 32.1. The Hall–Kier alpha value is -2.86. The van der Waals surface area contributed by atoms with Gasteiger partial charge in [0.1, 0.15) is 5.75 Å². The molecule has 4 rings (SSSR count). The Kier molecular flexibility index (Phi) is 5.77. The molecule has 0 saturated carbocycles. The molecular weight excluding hydrogens is 392 g/mol. The summed E-state index contributed by atoms with van der Waals surface area (Å²) in [6, 6.07) is 16.7. The fourth-order valence-corrected chi connectivity index (χ4v) is 4.20. The molecule has 0 unspecified atom stereocenters. The number of ether oxygens (including phenoxy) is 1. The third kappa shape index (κ3) is 4.05. The van der Waals surface area contributed by atoms with E-state index in [0.29, 0.717) is 11.2 Å². The van der Waals surface area contributed by atoms with Crippen molar-refractivity contribution in [3.05, 3.63) is 78.4 Å². The first-order valence-electron chi connectivity index (χ1n) is 10.4. The lowest BCUT2D eigenvalue weighted by Gasteiger charge is -2.27. The number of benzene rings is 1. The second kappa shape index (κ2) is 8.48. The lowest BCUT2D eigenvalue weighted by atomic mass is 9.98. The second-order valence-corrected chi connectivity index (χ2v) is 8.53. The molecule has 3 heterocycles. The summed E-state index contributed by atoms with van der Waals surface area (Å²) in [5.41, 5.74) is 3.21. The standard InChI is InChI=1S/C24H28N4OS/c1-16(2)27-14-12-18(15-27)23-22(21-7-5-6-13-25-21)26-24(30)28(23)19-8-10-20(11-9-19)29-17(3)4/h5-17,22-23H,1-4H3,(H,26,30)/t22-,23-/m1/s1. The third-order valence-electron chi connectivity index (χ3n) is 5.26. The number of nitrogens with zero attached hydrogens (tertiary/aromatic N) is 3. The maximum atomic E-state index is 5.81. The average molecular weight is 421 g/mol. The highest BCUT2D eigenvalue weighted by molar-refractivity contribution is 7.80. The van der Waals surface area contributed by atoms with Crippen molar-refractivity contribution < 1.29 is 4.74 Å². The molecule has 0 bridgehead atoms. The van der Waals surface area contributed by atoms with Crippen LogP contribution in [0.1, 0.15) is 57.1 Å². The summed E-state index contributed by atoms with van der Waals surface area (Å²) in [6.45, 7) is 8.42. The van der Waals surface area contributed by atoms with Gasteiger partial charge in [0.2, 0.25) is 0 Å². The molecule has 1 fully saturated rings. The van der Waals surface area contributed by atoms with Crippen LogP contribution in [0.5, 0.6) is 5.75 Å². The zero-order valence-electron chi connectivity index (χ0n) is 17.8. The number of thiocarbonyl (C=S) groups is 1. The van der Waals surface area contributed by atoms with Gasteiger partial charge in [-0.3, -0.25) is 4.98 Å². The van der Waals surface area contributed by atoms with Gasteiger partial charge in [-0.2, -0.15) is 0 Å². The van der Waals surface area contributed by atoms with Crippen LogP contribution in [0.15, 0.2) is 67.1 Å². The molecule has 6 heteroatoms. The minimum Gasteiger partial charge on any atom is -0.491 e. The quantitative estimate of drug-likeness (QED) is 0.539. The molecule has 3 aromatic rings. The SMILES string of the molecule is CC(C)Oc1ccc(N2C(=S)N[C@H](c3ccccn3)[C@H]2c2ccn(C(C)C)c2)cc1. The molecule has 1 aliphatic rings. The molecule has 156 valence electrons. The van der Waals surface area contributed by atoms with Crippen molar-refractivity contribution in [3.63, 3.8) is 0 Å². The maximum Gasteiger partial charge on any atom is 0.174 e. The van der Waals surface area contributed by atoms with Gasteiger partial charge < -0.3 is 19.5 Å². The van der Waals surface area contributed by atoms with E-state index in [-0.39, 0.29) is 18.2 Å². The maximum absolute atomic E-state index is 5.81. The molecule has 1 N–H and O–H groups in total. The van der Waals surface area contributed by atoms with Crippen molar-refractivity contribution in [3.8, 4) is 5.75 Å². The summed E-state index contributed by atoms with van der Waals surface area (Å²) in [6.07, 6.45) is 6.32. The lowest BCUT2D eigenvalue weighted by Crippen LogP contribution is -2.29. The van der Waals surface area contributed by atoms with Crippen LogP contribution in [0, 0.1) is 0 Å². The van der Waals surface area contributed by atoms with Crippen LogP contribution in [0.2, 0.25) is 0 Å². The second-order valence-electron chi connectivity index (χ2n) is 8.14. The van der Waals surface area contributed by atoms with E-state index in [1.165, 1.54) is 5.56 Å². The van der Waals surface area contributed by atoms with Gasteiger partial charge in [0.05, 0.1) is 23.9 Å². The van der Waals surface area contributed by atoms with Crippen LogP contribution < -0.4 is 15.0 Å². The molecule has 2 aromatic heterocycles. The normalized spacial score (nSPS) is 18.9. The van der Waals surface area contributed by atoms with Gasteiger partial charge in [-0.15, -0.1) is 0 Å². The van der Waals surface area contributed by atoms with Crippen LogP contribution in [-0.4, -0.2) is 20.8 Å². The third-order valence-corrected chi connectivity index (χ3v) is 5.57. The zero-order chi connectivity index (χ0) is 21.3. The Labute approximate surface area is 183 Å². The van der Waals surface area contributed by atoms with Crippen molar-refractivity contribution in [2.24, 2.45) is 0 Å². The molecule has 0 aliphatic carbocycles. The largest absolute Gasteiger partial charge is 0.491 e. The minimum absolute atomic E-state index is 0.00395. The van der Waals surface area contributed by atoms with Crippen LogP contribution in [0.25, 0.3) is 0 Å². The first-order valence-corrected chi connectivity index (χ1v) is 10.8. The Balaban J connectivity index is 1.74. The summed E-state index contributed by atoms with van der Waals surface area (Å²) in [5.74, 6) is 0.857. The predicted molar refractivity (Wildman–Crippen MR) is 125 cm³/mol. The van der Waals surface area contributed by atoms with Crippen LogP contribution in [0.4, 0.5) is 5.69 Å². The van der Waals surface area contributed by atoms with Gasteiger partial charge in [-0.1, -0.05) is 6.07 Å². The van der Waals surface area contributed by atoms with E-state index in [1.807, 2.05) is 44.3 Å². The first-order chi connectivity index (χ1) is 14.4. The average Bonchev–Trinajstić information content (AvgIpc) is 3.34. The van der Waals surface area contributed by atoms with Gasteiger partial charge in [-0.05, 0) is 87.9 Å². The van der Waals surface area contributed by atoms with E-state index < -0.39 is 0 Å². The number of hydrogen-bond donors (Lipinski definition) is 1. The minimum atomic E-state index is -0.0340. The Bertz CT molecular complexity index is 998. The number of hydrogen-bond acceptors (Lipinski definition) is 3. The molecule has 1 aliphatic heterocycles. The predicted octanol–water partition coefficient (Wildman–Crippen LogP) is 5.43. The summed E-state index contributed by atoms with van der Waals surface area (Å²) in [4.78, 5) is 6.80. The van der Waals surface area contributed by atoms with E-state index in [1.54, 1.807) is 0 Å². The summed E-state index contributed by atoms with van der Waals surface area (Å²) < 4.78 is 8.04. The fraction of sp³-hybridized carbons (Fsp3) is 0.333. The van der Waals surface area contributed by atoms with Crippen LogP contribution >= 0.6 is 12.2 Å². The van der Waals surface area contributed by atoms with E-state index in [9.17, 15) is 0 Å². The summed E-state index contributed by atoms with van der Waals surface area (Å²) in [5, 5.41) is 4.21. The van der Waals surface area contributed by atoms with E-state index in [4.69, 9.17) is 17.0 Å². The molecule has 0 amide bonds. The van der Waals surface area contributed by atoms with Gasteiger partial charge in [0.25, 0.3) is 0 Å². The van der Waals surface area contributed by atoms with E-state index in [2.05, 4.69) is 70.3 Å². The van der Waals surface area contributed by atoms with Crippen molar-refractivity contribution in [2.45, 2.75) is 51.9 Å². The number of pyridine rings is 1. The molecule has 1 saturated heterocycles. The molecule has 30 heavy (non-hydrogen) atoms. The molecular formula is C24H28N4OS. The number of rotatable bonds is 6. The molecule has 5 nitrogen and oxygen atoms in total. The van der Waals surface area contributed by atoms with E-state index in [0.717, 1.165) is 17.1 Å². The Morgan fingerprint density at radius 1 is 1.03 bits per heavy atom. The highest BCUT2D eigenvalue weighted by Gasteiger charge is 2.41. The summed E-state index contributed by atoms with van der Waals surface area (Å²) >= 11 is 5.79. The first kappa shape index (κ1) is 20.4. The van der Waals surface area contributed by atoms with Crippen molar-refractivity contribution in [1.82, 2.24) is 14.9 Å². The zero-order valence-corrected chi connectivity index (χ0v) is 18.6. The van der Waals surface area contributed by atoms with Gasteiger partial charge >= 0.3 is 0 Å². The van der Waals surface area contributed by atoms with Crippen molar-refractivity contribution >= 4 is 23.0 Å². The lowest BCUT2D eigenvalue weighted by molar-refractivity contribution is 0.242. The monoisotopic (exact) mass is 420 g/mol. The number of anilines is 1. The molecule has 0 radical (unpaired) electrons. The fourth-order valence-electron chi connectivity index (χ4n) is 3.86. The smallest absolute Gasteiger partial charge is 0.174 e. The number of aromatic nitrogens is 2. The molecule has 0 spiro atoms. The van der Waals surface area contributed by atoms with Gasteiger partial charge in [-0.25, -0.2) is 0 Å².